The van der Waals surface area contributed by atoms with Crippen LogP contribution in [0.25, 0.3) is 0 Å². The van der Waals surface area contributed by atoms with Gasteiger partial charge in [-0.1, -0.05) is 6.07 Å². The molecule has 6 nitrogen and oxygen atoms in total. The highest BCUT2D eigenvalue weighted by Crippen LogP contribution is 2.08. The van der Waals surface area contributed by atoms with Gasteiger partial charge < -0.3 is 0 Å². The molecule has 0 saturated carbocycles. The molecule has 7 heteroatoms. The predicted octanol–water partition coefficient (Wildman–Crippen LogP) is 0.858. The lowest BCUT2D eigenvalue weighted by Gasteiger charge is -2.19. The summed E-state index contributed by atoms with van der Waals surface area (Å²) in [5, 5.41) is 0. The molecule has 0 unspecified atom stereocenters. The van der Waals surface area contributed by atoms with Gasteiger partial charge in [0.05, 0.1) is 25.0 Å². The maximum absolute atomic E-state index is 12.3. The minimum Gasteiger partial charge on any atom is -0.286 e. The topological polar surface area (TPSA) is 78.6 Å². The Kier molecular flexibility index (Phi) is 4.72. The first-order chi connectivity index (χ1) is 9.46. The third-order valence-corrected chi connectivity index (χ3v) is 4.08. The molecule has 20 heavy (non-hydrogen) atoms. The summed E-state index contributed by atoms with van der Waals surface area (Å²) in [6, 6.07) is 3.37. The first-order valence-corrected chi connectivity index (χ1v) is 8.31. The second kappa shape index (κ2) is 6.32. The highest BCUT2D eigenvalue weighted by Gasteiger charge is 2.26. The van der Waals surface area contributed by atoms with E-state index in [1.54, 1.807) is 29.4 Å². The minimum absolute atomic E-state index is 0.0848. The van der Waals surface area contributed by atoms with Gasteiger partial charge in [-0.3, -0.25) is 4.55 Å². The number of aromatic nitrogens is 1. The molecule has 1 aromatic rings. The van der Waals surface area contributed by atoms with Crippen molar-refractivity contribution >= 4 is 16.1 Å². The second-order valence-corrected chi connectivity index (χ2v) is 6.56. The van der Waals surface area contributed by atoms with Crippen molar-refractivity contribution in [3.63, 3.8) is 0 Å². The zero-order valence-corrected chi connectivity index (χ0v) is 12.1. The quantitative estimate of drug-likeness (QED) is 0.663. The summed E-state index contributed by atoms with van der Waals surface area (Å²) in [6.07, 6.45) is 6.68. The predicted molar refractivity (Wildman–Crippen MR) is 73.0 cm³/mol. The van der Waals surface area contributed by atoms with Crippen molar-refractivity contribution in [2.75, 3.05) is 18.8 Å². The van der Waals surface area contributed by atoms with Gasteiger partial charge in [0.25, 0.3) is 10.1 Å². The van der Waals surface area contributed by atoms with Crippen LogP contribution in [0.3, 0.4) is 0 Å². The van der Waals surface area contributed by atoms with Crippen LogP contribution in [-0.2, 0) is 16.5 Å². The van der Waals surface area contributed by atoms with Crippen LogP contribution < -0.4 is 4.57 Å². The van der Waals surface area contributed by atoms with E-state index < -0.39 is 10.1 Å². The largest absolute Gasteiger partial charge is 0.497 e. The number of amides is 1. The van der Waals surface area contributed by atoms with Crippen LogP contribution in [0.5, 0.6) is 0 Å². The second-order valence-electron chi connectivity index (χ2n) is 4.99. The third-order valence-electron chi connectivity index (χ3n) is 3.36. The van der Waals surface area contributed by atoms with Crippen molar-refractivity contribution in [2.24, 2.45) is 0 Å². The van der Waals surface area contributed by atoms with E-state index in [0.717, 1.165) is 32.4 Å². The Hall–Kier alpha value is -1.47. The first kappa shape index (κ1) is 14.9. The van der Waals surface area contributed by atoms with E-state index in [1.165, 1.54) is 4.57 Å². The molecule has 1 aliphatic rings. The summed E-state index contributed by atoms with van der Waals surface area (Å²) in [6.45, 7) is 1.53. The normalized spacial score (nSPS) is 16.1. The number of aryl methyl sites for hydroxylation is 1. The van der Waals surface area contributed by atoms with Gasteiger partial charge in [0.15, 0.2) is 0 Å². The van der Waals surface area contributed by atoms with Crippen LogP contribution in [0.15, 0.2) is 24.5 Å². The van der Waals surface area contributed by atoms with Crippen molar-refractivity contribution in [2.45, 2.75) is 25.7 Å². The summed E-state index contributed by atoms with van der Waals surface area (Å²) in [5.41, 5.74) is 0.704. The lowest BCUT2D eigenvalue weighted by molar-refractivity contribution is -0.579. The Balaban J connectivity index is 2.06. The summed E-state index contributed by atoms with van der Waals surface area (Å²) < 4.78 is 31.7. The Morgan fingerprint density at radius 2 is 2.00 bits per heavy atom. The van der Waals surface area contributed by atoms with E-state index in [1.807, 2.05) is 0 Å². The van der Waals surface area contributed by atoms with E-state index in [4.69, 9.17) is 4.55 Å². The van der Waals surface area contributed by atoms with E-state index in [2.05, 4.69) is 0 Å². The SMILES string of the molecule is O=C(N1CCCCC1)[n+]1cccc(CCS(=O)(=O)O)c1. The molecule has 0 spiro atoms. The Morgan fingerprint density at radius 1 is 1.30 bits per heavy atom. The van der Waals surface area contributed by atoms with Crippen molar-refractivity contribution in [3.05, 3.63) is 30.1 Å². The fourth-order valence-electron chi connectivity index (χ4n) is 2.29. The van der Waals surface area contributed by atoms with Gasteiger partial charge in [0.2, 0.25) is 0 Å². The molecule has 2 rings (SSSR count). The highest BCUT2D eigenvalue weighted by atomic mass is 32.2. The number of hydrogen-bond acceptors (Lipinski definition) is 3. The zero-order chi connectivity index (χ0) is 14.6. The van der Waals surface area contributed by atoms with Gasteiger partial charge in [-0.15, -0.1) is 0 Å². The van der Waals surface area contributed by atoms with Gasteiger partial charge in [0, 0.05) is 0 Å². The molecular weight excluding hydrogens is 280 g/mol. The molecule has 1 amide bonds. The van der Waals surface area contributed by atoms with Crippen LogP contribution in [0.2, 0.25) is 0 Å². The van der Waals surface area contributed by atoms with Crippen molar-refractivity contribution in [1.29, 1.82) is 0 Å². The summed E-state index contributed by atoms with van der Waals surface area (Å²) >= 11 is 0. The molecule has 0 aromatic carbocycles. The lowest BCUT2D eigenvalue weighted by Crippen LogP contribution is -2.53. The molecule has 1 fully saturated rings. The van der Waals surface area contributed by atoms with Crippen molar-refractivity contribution < 1.29 is 22.3 Å². The fourth-order valence-corrected chi connectivity index (χ4v) is 2.78. The number of hydrogen-bond donors (Lipinski definition) is 1. The number of piperidine rings is 1. The van der Waals surface area contributed by atoms with Gasteiger partial charge in [-0.2, -0.15) is 17.8 Å². The molecular formula is C13H19N2O4S+. The minimum atomic E-state index is -3.98. The van der Waals surface area contributed by atoms with Gasteiger partial charge in [0.1, 0.15) is 6.20 Å². The zero-order valence-electron chi connectivity index (χ0n) is 11.2. The van der Waals surface area contributed by atoms with Crippen molar-refractivity contribution in [1.82, 2.24) is 4.90 Å². The Labute approximate surface area is 118 Å². The molecule has 1 aliphatic heterocycles. The average molecular weight is 299 g/mol. The molecule has 0 atom stereocenters. The number of nitrogens with zero attached hydrogens (tertiary/aromatic N) is 2. The molecule has 1 aromatic heterocycles. The van der Waals surface area contributed by atoms with Crippen molar-refractivity contribution in [3.8, 4) is 0 Å². The Morgan fingerprint density at radius 3 is 2.65 bits per heavy atom. The maximum Gasteiger partial charge on any atom is 0.497 e. The van der Waals surface area contributed by atoms with Crippen LogP contribution in [0, 0.1) is 0 Å². The summed E-state index contributed by atoms with van der Waals surface area (Å²) in [5.74, 6) is -0.338. The monoisotopic (exact) mass is 299 g/mol. The number of rotatable bonds is 3. The molecule has 0 radical (unpaired) electrons. The third kappa shape index (κ3) is 4.28. The fraction of sp³-hybridized carbons (Fsp3) is 0.538. The van der Waals surface area contributed by atoms with Gasteiger partial charge in [-0.05, 0) is 37.3 Å². The van der Waals surface area contributed by atoms with Crippen LogP contribution in [0.1, 0.15) is 24.8 Å². The van der Waals surface area contributed by atoms with E-state index in [0.29, 0.717) is 5.56 Å². The smallest absolute Gasteiger partial charge is 0.286 e. The standard InChI is InChI=1S/C13H18N2O4S/c16-13(14-7-2-1-3-8-14)15-9-4-5-12(11-15)6-10-20(17,18)19/h4-5,9,11H,1-3,6-8,10H2/p+1. The molecule has 2 heterocycles. The molecule has 1 saturated heterocycles. The average Bonchev–Trinajstić information content (AvgIpc) is 2.45. The maximum atomic E-state index is 12.3. The molecule has 110 valence electrons. The summed E-state index contributed by atoms with van der Waals surface area (Å²) in [4.78, 5) is 14.1. The lowest BCUT2D eigenvalue weighted by atomic mass is 10.1. The van der Waals surface area contributed by atoms with E-state index in [9.17, 15) is 13.2 Å². The van der Waals surface area contributed by atoms with Gasteiger partial charge >= 0.3 is 6.03 Å². The highest BCUT2D eigenvalue weighted by molar-refractivity contribution is 7.85. The molecule has 0 aliphatic carbocycles. The van der Waals surface area contributed by atoms with Crippen LogP contribution in [-0.4, -0.2) is 42.7 Å². The number of carbonyl (C=O) groups is 1. The number of likely N-dealkylation sites (tertiary alicyclic amines) is 1. The first-order valence-electron chi connectivity index (χ1n) is 6.70. The van der Waals surface area contributed by atoms with Crippen LogP contribution in [0.4, 0.5) is 4.79 Å². The number of carbonyl (C=O) groups excluding carboxylic acids is 1. The number of pyridine rings is 1. The molecule has 0 bridgehead atoms. The summed E-state index contributed by atoms with van der Waals surface area (Å²) in [7, 11) is -3.98. The van der Waals surface area contributed by atoms with Gasteiger partial charge in [-0.25, -0.2) is 4.90 Å². The van der Waals surface area contributed by atoms with E-state index in [-0.39, 0.29) is 18.2 Å². The molecule has 1 N–H and O–H groups in total. The van der Waals surface area contributed by atoms with Crippen LogP contribution >= 0.6 is 0 Å². The Bertz CT molecular complexity index is 580. The van der Waals surface area contributed by atoms with E-state index >= 15 is 0 Å².